The van der Waals surface area contributed by atoms with E-state index in [9.17, 15) is 14.4 Å². The number of imide groups is 1. The second-order valence-electron chi connectivity index (χ2n) is 8.74. The molecular weight excluding hydrogens is 442 g/mol. The Morgan fingerprint density at radius 1 is 1.21 bits per heavy atom. The molecule has 0 aliphatic carbocycles. The van der Waals surface area contributed by atoms with Gasteiger partial charge in [-0.15, -0.1) is 0 Å². The van der Waals surface area contributed by atoms with Crippen molar-refractivity contribution in [2.75, 3.05) is 11.4 Å². The minimum atomic E-state index is -0.556. The number of hydrogen-bond acceptors (Lipinski definition) is 7. The smallest absolute Gasteiger partial charge is 0.414 e. The summed E-state index contributed by atoms with van der Waals surface area (Å²) in [5.74, 6) is -0.423. The summed E-state index contributed by atoms with van der Waals surface area (Å²) in [4.78, 5) is 46.9. The molecule has 2 aromatic heterocycles. The molecule has 9 nitrogen and oxygen atoms in total. The Labute approximate surface area is 193 Å². The van der Waals surface area contributed by atoms with Crippen molar-refractivity contribution in [2.24, 2.45) is 0 Å². The van der Waals surface area contributed by atoms with Crippen molar-refractivity contribution in [3.05, 3.63) is 52.8 Å². The predicted octanol–water partition coefficient (Wildman–Crippen LogP) is 4.04. The van der Waals surface area contributed by atoms with Crippen LogP contribution in [0, 0.1) is 0 Å². The lowest BCUT2D eigenvalue weighted by atomic mass is 10.1. The van der Waals surface area contributed by atoms with Crippen molar-refractivity contribution >= 4 is 51.9 Å². The molecule has 33 heavy (non-hydrogen) atoms. The van der Waals surface area contributed by atoms with E-state index in [0.29, 0.717) is 28.3 Å². The summed E-state index contributed by atoms with van der Waals surface area (Å²) in [7, 11) is 0. The Hall–Kier alpha value is -3.66. The highest BCUT2D eigenvalue weighted by molar-refractivity contribution is 8.18. The number of ether oxygens (including phenoxy) is 1. The number of carbonyl (C=O) groups excluding carboxylic acids is 3. The molecule has 0 radical (unpaired) electrons. The minimum Gasteiger partial charge on any atom is -0.443 e. The fourth-order valence-electron chi connectivity index (χ4n) is 3.78. The molecule has 1 fully saturated rings. The maximum Gasteiger partial charge on any atom is 0.414 e. The first-order valence-corrected chi connectivity index (χ1v) is 11.2. The molecule has 1 saturated heterocycles. The van der Waals surface area contributed by atoms with E-state index >= 15 is 0 Å². The van der Waals surface area contributed by atoms with E-state index in [1.807, 2.05) is 49.6 Å². The monoisotopic (exact) mass is 463 g/mol. The molecule has 3 amide bonds. The lowest BCUT2D eigenvalue weighted by Gasteiger charge is -2.24. The van der Waals surface area contributed by atoms with Gasteiger partial charge in [0, 0.05) is 12.2 Å². The maximum absolute atomic E-state index is 12.6. The molecule has 2 aliphatic heterocycles. The fraction of sp³-hybridized carbons (Fsp3) is 0.261. The van der Waals surface area contributed by atoms with E-state index in [2.05, 4.69) is 15.3 Å². The van der Waals surface area contributed by atoms with Gasteiger partial charge >= 0.3 is 6.09 Å². The number of nitrogens with zero attached hydrogens (tertiary/aromatic N) is 4. The number of imidazole rings is 1. The molecule has 3 aromatic rings. The number of nitrogens with one attached hydrogen (secondary N) is 1. The summed E-state index contributed by atoms with van der Waals surface area (Å²) >= 11 is 0.852. The minimum absolute atomic E-state index is 0.303. The van der Waals surface area contributed by atoms with Gasteiger partial charge in [-0.2, -0.15) is 0 Å². The molecule has 0 atom stereocenters. The van der Waals surface area contributed by atoms with Crippen LogP contribution in [-0.2, 0) is 16.0 Å². The van der Waals surface area contributed by atoms with E-state index in [-0.39, 0.29) is 6.09 Å². The lowest BCUT2D eigenvalue weighted by molar-refractivity contribution is -0.115. The van der Waals surface area contributed by atoms with Crippen molar-refractivity contribution < 1.29 is 19.1 Å². The average molecular weight is 464 g/mol. The number of rotatable bonds is 2. The highest BCUT2D eigenvalue weighted by Gasteiger charge is 2.29. The van der Waals surface area contributed by atoms with Crippen molar-refractivity contribution in [2.45, 2.75) is 32.8 Å². The third-order valence-corrected chi connectivity index (χ3v) is 6.00. The molecule has 1 N–H and O–H groups in total. The van der Waals surface area contributed by atoms with Gasteiger partial charge in [0.05, 0.1) is 16.3 Å². The van der Waals surface area contributed by atoms with Gasteiger partial charge in [-0.1, -0.05) is 0 Å². The van der Waals surface area contributed by atoms with E-state index in [1.54, 1.807) is 23.4 Å². The molecule has 168 valence electrons. The number of fused-ring (bicyclic) bond motifs is 2. The van der Waals surface area contributed by atoms with E-state index < -0.39 is 16.7 Å². The molecule has 10 heteroatoms. The number of thioether (sulfide) groups is 1. The van der Waals surface area contributed by atoms with Crippen LogP contribution < -0.4 is 10.2 Å². The van der Waals surface area contributed by atoms with Crippen LogP contribution in [0.4, 0.5) is 15.3 Å². The Morgan fingerprint density at radius 3 is 2.76 bits per heavy atom. The maximum atomic E-state index is 12.6. The predicted molar refractivity (Wildman–Crippen MR) is 125 cm³/mol. The summed E-state index contributed by atoms with van der Waals surface area (Å²) in [5.41, 5.74) is 4.06. The summed E-state index contributed by atoms with van der Waals surface area (Å²) < 4.78 is 7.39. The number of benzene rings is 1. The van der Waals surface area contributed by atoms with Crippen LogP contribution in [-0.4, -0.2) is 43.9 Å². The first-order valence-electron chi connectivity index (χ1n) is 10.4. The summed E-state index contributed by atoms with van der Waals surface area (Å²) in [6.45, 7) is 6.11. The first kappa shape index (κ1) is 21.2. The average Bonchev–Trinajstić information content (AvgIpc) is 3.42. The highest BCUT2D eigenvalue weighted by Crippen LogP contribution is 2.32. The van der Waals surface area contributed by atoms with Crippen LogP contribution in [0.15, 0.2) is 41.6 Å². The molecule has 0 unspecified atom stereocenters. The van der Waals surface area contributed by atoms with Crippen molar-refractivity contribution in [3.8, 4) is 5.69 Å². The van der Waals surface area contributed by atoms with E-state index in [4.69, 9.17) is 4.74 Å². The Bertz CT molecular complexity index is 1350. The van der Waals surface area contributed by atoms with Crippen LogP contribution in [0.1, 0.15) is 32.0 Å². The zero-order valence-electron chi connectivity index (χ0n) is 18.3. The lowest BCUT2D eigenvalue weighted by Crippen LogP contribution is -2.35. The van der Waals surface area contributed by atoms with Crippen LogP contribution in [0.5, 0.6) is 0 Å². The fourth-order valence-corrected chi connectivity index (χ4v) is 4.44. The van der Waals surface area contributed by atoms with Gasteiger partial charge in [0.1, 0.15) is 17.4 Å². The zero-order valence-corrected chi connectivity index (χ0v) is 19.1. The van der Waals surface area contributed by atoms with Gasteiger partial charge in [0.15, 0.2) is 5.65 Å². The number of aromatic nitrogens is 3. The topological polar surface area (TPSA) is 106 Å². The molecule has 5 rings (SSSR count). The molecule has 4 heterocycles. The molecule has 0 bridgehead atoms. The van der Waals surface area contributed by atoms with Gasteiger partial charge in [-0.25, -0.2) is 14.8 Å². The third-order valence-electron chi connectivity index (χ3n) is 5.19. The highest BCUT2D eigenvalue weighted by atomic mass is 32.2. The Kier molecular flexibility index (Phi) is 4.97. The number of carbonyl (C=O) groups is 3. The van der Waals surface area contributed by atoms with Crippen LogP contribution >= 0.6 is 11.8 Å². The molecule has 0 spiro atoms. The number of amides is 3. The van der Waals surface area contributed by atoms with E-state index in [0.717, 1.165) is 35.1 Å². The van der Waals surface area contributed by atoms with Gasteiger partial charge in [0.2, 0.25) is 0 Å². The SMILES string of the molecule is CC(C)(C)OC(=O)N1CCc2cc(-n3cnc4ccc(C=C5SC(=O)NC5=O)nc43)ccc21. The normalized spacial score (nSPS) is 17.1. The van der Waals surface area contributed by atoms with Crippen molar-refractivity contribution in [1.29, 1.82) is 0 Å². The Balaban J connectivity index is 1.47. The molecular formula is C23H21N5O4S. The third kappa shape index (κ3) is 4.09. The number of pyridine rings is 1. The summed E-state index contributed by atoms with van der Waals surface area (Å²) in [6.07, 6.45) is 3.65. The van der Waals surface area contributed by atoms with Crippen molar-refractivity contribution in [3.63, 3.8) is 0 Å². The number of hydrogen-bond donors (Lipinski definition) is 1. The van der Waals surface area contributed by atoms with Crippen LogP contribution in [0.2, 0.25) is 0 Å². The van der Waals surface area contributed by atoms with E-state index in [1.165, 1.54) is 0 Å². The van der Waals surface area contributed by atoms with Crippen molar-refractivity contribution in [1.82, 2.24) is 19.9 Å². The molecule has 1 aromatic carbocycles. The molecule has 0 saturated carbocycles. The first-order chi connectivity index (χ1) is 15.7. The van der Waals surface area contributed by atoms with Gasteiger partial charge in [0.25, 0.3) is 11.1 Å². The number of anilines is 1. The van der Waals surface area contributed by atoms with Gasteiger partial charge in [-0.05, 0) is 80.9 Å². The second kappa shape index (κ2) is 7.73. The standard InChI is InChI=1S/C23H21N5O4S/c1-23(2,3)32-22(31)27-9-8-13-10-15(5-7-17(13)27)28-12-24-16-6-4-14(25-19(16)28)11-18-20(29)26-21(30)33-18/h4-7,10-12H,8-9H2,1-3H3,(H,26,29,30). The van der Waals surface area contributed by atoms with Gasteiger partial charge < -0.3 is 4.74 Å². The van der Waals surface area contributed by atoms with Gasteiger partial charge in [-0.3, -0.25) is 24.4 Å². The molecule has 2 aliphatic rings. The Morgan fingerprint density at radius 2 is 2.03 bits per heavy atom. The quantitative estimate of drug-likeness (QED) is 0.572. The summed E-state index contributed by atoms with van der Waals surface area (Å²) in [5, 5.41) is 1.85. The van der Waals surface area contributed by atoms with Crippen LogP contribution in [0.3, 0.4) is 0 Å². The zero-order chi connectivity index (χ0) is 23.3. The van der Waals surface area contributed by atoms with Crippen LogP contribution in [0.25, 0.3) is 22.9 Å². The largest absolute Gasteiger partial charge is 0.443 e. The summed E-state index contributed by atoms with van der Waals surface area (Å²) in [6, 6.07) is 9.41. The second-order valence-corrected chi connectivity index (χ2v) is 9.76.